The van der Waals surface area contributed by atoms with Gasteiger partial charge in [0.05, 0.1) is 25.4 Å². The Hall–Kier alpha value is -2.63. The number of nitrogens with one attached hydrogen (secondary N) is 1. The van der Waals surface area contributed by atoms with E-state index in [2.05, 4.69) is 92.1 Å². The zero-order valence-corrected chi connectivity index (χ0v) is 54.6. The molecule has 7 unspecified atom stereocenters. The standard InChI is InChI=1S/C75H135NO8/c1-3-5-7-9-11-13-15-17-19-21-23-25-27-28-29-30-31-32-33-34-35-36-37-38-39-40-41-42-43-45-47-49-51-53-55-57-59-61-63-65-71(79)76-68(67-83-75-74(82)73(81)72(80)70(66-77)84-75)69(78)64-62-60-58-56-54-52-50-48-46-44-26-24-22-20-18-16-14-12-10-8-6-4-2/h5,7,11,13,17,19,23,25,28-29,54,56,62,64,68-70,72-75,77-78,80-82H,3-4,6,8-10,12,14-16,18,20-22,24,26-27,30-53,55,57-61,63,65-67H2,1-2H3,(H,76,79)/b7-5-,13-11-,19-17-,25-23-,29-28-,56-54+,64-62+. The average molecular weight is 1180 g/mol. The fourth-order valence-corrected chi connectivity index (χ4v) is 11.1. The van der Waals surface area contributed by atoms with E-state index in [0.717, 1.165) is 70.6 Å². The second-order valence-electron chi connectivity index (χ2n) is 24.6. The Kier molecular flexibility index (Phi) is 59.9. The van der Waals surface area contributed by atoms with E-state index >= 15 is 0 Å². The van der Waals surface area contributed by atoms with Crippen LogP contribution in [0.2, 0.25) is 0 Å². The molecule has 1 amide bonds. The van der Waals surface area contributed by atoms with Crippen molar-refractivity contribution in [2.45, 2.75) is 371 Å². The first-order valence-corrected chi connectivity index (χ1v) is 35.8. The highest BCUT2D eigenvalue weighted by molar-refractivity contribution is 5.76. The van der Waals surface area contributed by atoms with Crippen molar-refractivity contribution in [2.24, 2.45) is 0 Å². The first-order valence-electron chi connectivity index (χ1n) is 35.8. The highest BCUT2D eigenvalue weighted by Gasteiger charge is 2.44. The predicted octanol–water partition coefficient (Wildman–Crippen LogP) is 19.7. The molecule has 0 spiro atoms. The quantitative estimate of drug-likeness (QED) is 0.0261. The molecule has 0 aromatic rings. The number of rotatable bonds is 62. The maximum Gasteiger partial charge on any atom is 0.220 e. The van der Waals surface area contributed by atoms with Crippen LogP contribution < -0.4 is 5.32 Å². The van der Waals surface area contributed by atoms with Crippen molar-refractivity contribution in [1.82, 2.24) is 5.32 Å². The van der Waals surface area contributed by atoms with Crippen LogP contribution >= 0.6 is 0 Å². The molecule has 84 heavy (non-hydrogen) atoms. The third kappa shape index (κ3) is 51.4. The Morgan fingerprint density at radius 3 is 1.14 bits per heavy atom. The molecule has 1 heterocycles. The summed E-state index contributed by atoms with van der Waals surface area (Å²) in [5, 5.41) is 54.7. The molecule has 0 aromatic carbocycles. The van der Waals surface area contributed by atoms with E-state index in [1.165, 1.54) is 238 Å². The summed E-state index contributed by atoms with van der Waals surface area (Å²) < 4.78 is 11.3. The zero-order valence-electron chi connectivity index (χ0n) is 54.6. The predicted molar refractivity (Wildman–Crippen MR) is 359 cm³/mol. The van der Waals surface area contributed by atoms with Gasteiger partial charge in [0.15, 0.2) is 6.29 Å². The molecule has 1 saturated heterocycles. The summed E-state index contributed by atoms with van der Waals surface area (Å²) in [6, 6.07) is -0.824. The van der Waals surface area contributed by atoms with Crippen LogP contribution in [0.1, 0.15) is 328 Å². The SMILES string of the molecule is CC/C=C\C/C=C\C/C=C\C/C=C\C/C=C\CCCCCCCCCCCCCCCCCCCCCCCCCC(=O)NC(COC1OC(CO)C(O)C(O)C1O)C(O)/C=C/CC/C=C/CCCCCCCCCCCCCCCCCC. The van der Waals surface area contributed by atoms with E-state index in [9.17, 15) is 30.3 Å². The molecule has 1 aliphatic heterocycles. The summed E-state index contributed by atoms with van der Waals surface area (Å²) in [5.74, 6) is -0.182. The smallest absolute Gasteiger partial charge is 0.220 e. The van der Waals surface area contributed by atoms with Gasteiger partial charge in [0.25, 0.3) is 0 Å². The van der Waals surface area contributed by atoms with Gasteiger partial charge in [0.2, 0.25) is 5.91 Å². The number of unbranched alkanes of at least 4 members (excludes halogenated alkanes) is 40. The molecule has 0 bridgehead atoms. The Labute approximate surface area is 518 Å². The normalized spacial score (nSPS) is 18.7. The topological polar surface area (TPSA) is 149 Å². The van der Waals surface area contributed by atoms with E-state index in [1.807, 2.05) is 6.08 Å². The first kappa shape index (κ1) is 79.4. The van der Waals surface area contributed by atoms with Crippen LogP contribution in [0.4, 0.5) is 0 Å². The van der Waals surface area contributed by atoms with Crippen molar-refractivity contribution in [1.29, 1.82) is 0 Å². The summed E-state index contributed by atoms with van der Waals surface area (Å²) in [7, 11) is 0. The Bertz CT molecular complexity index is 1600. The number of carbonyl (C=O) groups is 1. The lowest BCUT2D eigenvalue weighted by molar-refractivity contribution is -0.302. The van der Waals surface area contributed by atoms with E-state index < -0.39 is 49.5 Å². The van der Waals surface area contributed by atoms with Crippen molar-refractivity contribution in [3.8, 4) is 0 Å². The lowest BCUT2D eigenvalue weighted by Crippen LogP contribution is -2.60. The molecule has 9 heteroatoms. The molecule has 1 aliphatic rings. The highest BCUT2D eigenvalue weighted by Crippen LogP contribution is 2.23. The van der Waals surface area contributed by atoms with Crippen molar-refractivity contribution in [3.05, 3.63) is 85.1 Å². The van der Waals surface area contributed by atoms with Gasteiger partial charge < -0.3 is 40.3 Å². The fourth-order valence-electron chi connectivity index (χ4n) is 11.1. The molecular formula is C75H135NO8. The minimum atomic E-state index is -1.57. The number of ether oxygens (including phenoxy) is 2. The molecule has 1 rings (SSSR count). The highest BCUT2D eigenvalue weighted by atomic mass is 16.7. The zero-order chi connectivity index (χ0) is 60.7. The second kappa shape index (κ2) is 63.4. The Morgan fingerprint density at radius 1 is 0.417 bits per heavy atom. The van der Waals surface area contributed by atoms with E-state index in [4.69, 9.17) is 9.47 Å². The number of hydrogen-bond donors (Lipinski definition) is 6. The second-order valence-corrected chi connectivity index (χ2v) is 24.6. The first-order chi connectivity index (χ1) is 41.3. The maximum atomic E-state index is 13.1. The van der Waals surface area contributed by atoms with Crippen LogP contribution in [0, 0.1) is 0 Å². The lowest BCUT2D eigenvalue weighted by atomic mass is 9.99. The molecule has 488 valence electrons. The maximum absolute atomic E-state index is 13.1. The summed E-state index contributed by atoms with van der Waals surface area (Å²) >= 11 is 0. The van der Waals surface area contributed by atoms with Gasteiger partial charge in [-0.15, -0.1) is 0 Å². The third-order valence-electron chi connectivity index (χ3n) is 16.7. The van der Waals surface area contributed by atoms with Gasteiger partial charge in [0.1, 0.15) is 24.4 Å². The Balaban J connectivity index is 2.09. The van der Waals surface area contributed by atoms with Gasteiger partial charge in [-0.1, -0.05) is 330 Å². The molecule has 6 N–H and O–H groups in total. The van der Waals surface area contributed by atoms with Gasteiger partial charge in [0, 0.05) is 6.42 Å². The number of aliphatic hydroxyl groups excluding tert-OH is 5. The third-order valence-corrected chi connectivity index (χ3v) is 16.7. The van der Waals surface area contributed by atoms with Gasteiger partial charge in [-0.25, -0.2) is 0 Å². The fraction of sp³-hybridized carbons (Fsp3) is 0.800. The molecule has 0 aromatic heterocycles. The minimum absolute atomic E-state index is 0.182. The molecule has 7 atom stereocenters. The molecule has 0 radical (unpaired) electrons. The average Bonchev–Trinajstić information content (AvgIpc) is 3.70. The van der Waals surface area contributed by atoms with Crippen LogP contribution in [0.25, 0.3) is 0 Å². The van der Waals surface area contributed by atoms with Crippen molar-refractivity contribution in [3.63, 3.8) is 0 Å². The van der Waals surface area contributed by atoms with Crippen LogP contribution in [0.5, 0.6) is 0 Å². The summed E-state index contributed by atoms with van der Waals surface area (Å²) in [5.41, 5.74) is 0. The number of carbonyl (C=O) groups excluding carboxylic acids is 1. The van der Waals surface area contributed by atoms with Gasteiger partial charge in [-0.05, 0) is 77.0 Å². The molecule has 0 saturated carbocycles. The summed E-state index contributed by atoms with van der Waals surface area (Å²) in [6.45, 7) is 3.69. The van der Waals surface area contributed by atoms with E-state index in [1.54, 1.807) is 6.08 Å². The molecule has 1 fully saturated rings. The van der Waals surface area contributed by atoms with Crippen LogP contribution in [0.15, 0.2) is 85.1 Å². The molecule has 9 nitrogen and oxygen atoms in total. The van der Waals surface area contributed by atoms with Crippen molar-refractivity contribution >= 4 is 5.91 Å². The Morgan fingerprint density at radius 2 is 0.750 bits per heavy atom. The van der Waals surface area contributed by atoms with Crippen LogP contribution in [-0.4, -0.2) is 87.5 Å². The number of hydrogen-bond acceptors (Lipinski definition) is 8. The largest absolute Gasteiger partial charge is 0.394 e. The minimum Gasteiger partial charge on any atom is -0.394 e. The number of aliphatic hydroxyl groups is 5. The van der Waals surface area contributed by atoms with Crippen molar-refractivity contribution < 1.29 is 39.8 Å². The van der Waals surface area contributed by atoms with Gasteiger partial charge in [-0.2, -0.15) is 0 Å². The van der Waals surface area contributed by atoms with E-state index in [0.29, 0.717) is 6.42 Å². The van der Waals surface area contributed by atoms with E-state index in [-0.39, 0.29) is 12.5 Å². The van der Waals surface area contributed by atoms with Gasteiger partial charge >= 0.3 is 0 Å². The van der Waals surface area contributed by atoms with Gasteiger partial charge in [-0.3, -0.25) is 4.79 Å². The molecular weight excluding hydrogens is 1040 g/mol. The number of allylic oxidation sites excluding steroid dienone is 13. The summed E-state index contributed by atoms with van der Waals surface area (Å²) in [6.07, 6.45) is 84.2. The van der Waals surface area contributed by atoms with Crippen LogP contribution in [-0.2, 0) is 14.3 Å². The summed E-state index contributed by atoms with van der Waals surface area (Å²) in [4.78, 5) is 13.1. The molecule has 0 aliphatic carbocycles. The lowest BCUT2D eigenvalue weighted by Gasteiger charge is -2.40. The number of amides is 1. The monoisotopic (exact) mass is 1180 g/mol. The van der Waals surface area contributed by atoms with Crippen LogP contribution in [0.3, 0.4) is 0 Å². The van der Waals surface area contributed by atoms with Crippen molar-refractivity contribution in [2.75, 3.05) is 13.2 Å².